The molecule has 0 spiro atoms. The largest absolute Gasteiger partial charge is 0.299 e. The Morgan fingerprint density at radius 2 is 2.27 bits per heavy atom. The fourth-order valence-electron chi connectivity index (χ4n) is 3.09. The van der Waals surface area contributed by atoms with Crippen LogP contribution in [0.4, 0.5) is 0 Å². The van der Waals surface area contributed by atoms with Crippen LogP contribution >= 0.6 is 0 Å². The van der Waals surface area contributed by atoms with Crippen LogP contribution in [0.5, 0.6) is 0 Å². The van der Waals surface area contributed by atoms with Crippen molar-refractivity contribution in [3.8, 4) is 0 Å². The van der Waals surface area contributed by atoms with E-state index in [-0.39, 0.29) is 0 Å². The fourth-order valence-corrected chi connectivity index (χ4v) is 3.09. The van der Waals surface area contributed by atoms with Crippen molar-refractivity contribution < 1.29 is 4.79 Å². The molecule has 2 unspecified atom stereocenters. The quantitative estimate of drug-likeness (QED) is 0.660. The lowest BCUT2D eigenvalue weighted by Crippen LogP contribution is -2.37. The average Bonchev–Trinajstić information content (AvgIpc) is 2.82. The minimum atomic E-state index is 0.359. The molecule has 0 bridgehead atoms. The smallest absolute Gasteiger partial charge is 0.137 e. The predicted molar refractivity (Wildman–Crippen MR) is 61.8 cm³/mol. The number of rotatable bonds is 4. The van der Waals surface area contributed by atoms with Gasteiger partial charge in [-0.15, -0.1) is 6.58 Å². The van der Waals surface area contributed by atoms with Crippen LogP contribution in [0, 0.1) is 5.92 Å². The summed E-state index contributed by atoms with van der Waals surface area (Å²) in [7, 11) is 0. The van der Waals surface area contributed by atoms with Gasteiger partial charge in [0.15, 0.2) is 0 Å². The highest BCUT2D eigenvalue weighted by Gasteiger charge is 2.37. The van der Waals surface area contributed by atoms with Crippen molar-refractivity contribution in [1.29, 1.82) is 0 Å². The Morgan fingerprint density at radius 3 is 2.93 bits per heavy atom. The third kappa shape index (κ3) is 2.31. The Hall–Kier alpha value is -0.630. The molecule has 1 heterocycles. The summed E-state index contributed by atoms with van der Waals surface area (Å²) in [5, 5.41) is 0. The van der Waals surface area contributed by atoms with Crippen LogP contribution in [-0.4, -0.2) is 29.8 Å². The number of Topliss-reactive ketones (excluding diaryl/α,β-unsaturated/α-hetero) is 1. The Morgan fingerprint density at radius 1 is 1.40 bits per heavy atom. The molecule has 0 aromatic carbocycles. The Balaban J connectivity index is 1.94. The van der Waals surface area contributed by atoms with Gasteiger partial charge in [-0.1, -0.05) is 6.08 Å². The average molecular weight is 207 g/mol. The lowest BCUT2D eigenvalue weighted by molar-refractivity contribution is -0.122. The van der Waals surface area contributed by atoms with E-state index in [0.29, 0.717) is 17.7 Å². The molecule has 0 aromatic rings. The predicted octanol–water partition coefficient (Wildman–Crippen LogP) is 2.40. The number of hydrogen-bond donors (Lipinski definition) is 0. The van der Waals surface area contributed by atoms with Crippen molar-refractivity contribution in [2.45, 2.75) is 44.6 Å². The van der Waals surface area contributed by atoms with Crippen LogP contribution < -0.4 is 0 Å². The molecular weight excluding hydrogens is 186 g/mol. The molecule has 1 saturated carbocycles. The second-order valence-electron chi connectivity index (χ2n) is 4.79. The molecule has 2 heteroatoms. The van der Waals surface area contributed by atoms with Gasteiger partial charge in [0, 0.05) is 24.9 Å². The molecule has 2 fully saturated rings. The number of carbonyl (C=O) groups excluding carboxylic acids is 1. The van der Waals surface area contributed by atoms with Crippen LogP contribution in [0.3, 0.4) is 0 Å². The van der Waals surface area contributed by atoms with E-state index in [0.717, 1.165) is 32.2 Å². The molecule has 2 aliphatic rings. The van der Waals surface area contributed by atoms with Gasteiger partial charge in [-0.05, 0) is 38.6 Å². The maximum atomic E-state index is 11.7. The third-order valence-electron chi connectivity index (χ3n) is 3.85. The Labute approximate surface area is 92.3 Å². The Kier molecular flexibility index (Phi) is 3.57. The number of carbonyl (C=O) groups is 1. The Bertz CT molecular complexity index is 249. The number of ketones is 1. The summed E-state index contributed by atoms with van der Waals surface area (Å²) in [5.41, 5.74) is 0. The summed E-state index contributed by atoms with van der Waals surface area (Å²) in [5.74, 6) is 0.878. The standard InChI is InChI=1S/C13H21NO/c1-2-3-9-14-10-5-7-12(14)11-6-4-8-13(11)15/h2,11-12H,1,3-10H2. The molecule has 2 rings (SSSR count). The molecule has 0 N–H and O–H groups in total. The highest BCUT2D eigenvalue weighted by atomic mass is 16.1. The molecule has 1 saturated heterocycles. The molecule has 2 nitrogen and oxygen atoms in total. The van der Waals surface area contributed by atoms with Crippen molar-refractivity contribution in [1.82, 2.24) is 4.90 Å². The first-order valence-electron chi connectivity index (χ1n) is 6.20. The first-order chi connectivity index (χ1) is 7.33. The van der Waals surface area contributed by atoms with Crippen molar-refractivity contribution >= 4 is 5.78 Å². The van der Waals surface area contributed by atoms with E-state index in [9.17, 15) is 4.79 Å². The zero-order chi connectivity index (χ0) is 10.7. The van der Waals surface area contributed by atoms with Gasteiger partial charge in [-0.2, -0.15) is 0 Å². The van der Waals surface area contributed by atoms with Crippen LogP contribution in [0.1, 0.15) is 38.5 Å². The van der Waals surface area contributed by atoms with Crippen LogP contribution in [0.15, 0.2) is 12.7 Å². The minimum Gasteiger partial charge on any atom is -0.299 e. The summed E-state index contributed by atoms with van der Waals surface area (Å²) in [6.07, 6.45) is 8.61. The van der Waals surface area contributed by atoms with Gasteiger partial charge in [0.1, 0.15) is 5.78 Å². The summed E-state index contributed by atoms with van der Waals surface area (Å²) in [6.45, 7) is 6.04. The number of nitrogens with zero attached hydrogens (tertiary/aromatic N) is 1. The van der Waals surface area contributed by atoms with Crippen molar-refractivity contribution in [3.05, 3.63) is 12.7 Å². The highest BCUT2D eigenvalue weighted by molar-refractivity contribution is 5.83. The summed E-state index contributed by atoms with van der Waals surface area (Å²) >= 11 is 0. The first kappa shape index (κ1) is 10.9. The lowest BCUT2D eigenvalue weighted by Gasteiger charge is -2.28. The number of hydrogen-bond acceptors (Lipinski definition) is 2. The zero-order valence-electron chi connectivity index (χ0n) is 9.45. The molecule has 2 atom stereocenters. The van der Waals surface area contributed by atoms with Gasteiger partial charge in [-0.3, -0.25) is 9.69 Å². The lowest BCUT2D eigenvalue weighted by atomic mass is 9.95. The summed E-state index contributed by atoms with van der Waals surface area (Å²) in [6, 6.07) is 0.556. The van der Waals surface area contributed by atoms with Crippen LogP contribution in [0.2, 0.25) is 0 Å². The van der Waals surface area contributed by atoms with E-state index >= 15 is 0 Å². The molecule has 1 aliphatic carbocycles. The number of likely N-dealkylation sites (tertiary alicyclic amines) is 1. The van der Waals surface area contributed by atoms with Gasteiger partial charge >= 0.3 is 0 Å². The topological polar surface area (TPSA) is 20.3 Å². The van der Waals surface area contributed by atoms with E-state index in [4.69, 9.17) is 0 Å². The SMILES string of the molecule is C=CCCN1CCCC1C1CCCC1=O. The highest BCUT2D eigenvalue weighted by Crippen LogP contribution is 2.33. The van der Waals surface area contributed by atoms with E-state index in [2.05, 4.69) is 11.5 Å². The first-order valence-corrected chi connectivity index (χ1v) is 6.20. The van der Waals surface area contributed by atoms with E-state index in [1.807, 2.05) is 6.08 Å². The van der Waals surface area contributed by atoms with Gasteiger partial charge in [0.25, 0.3) is 0 Å². The van der Waals surface area contributed by atoms with E-state index in [1.54, 1.807) is 0 Å². The molecule has 15 heavy (non-hydrogen) atoms. The summed E-state index contributed by atoms with van der Waals surface area (Å²) in [4.78, 5) is 14.2. The molecular formula is C13H21NO. The fraction of sp³-hybridized carbons (Fsp3) is 0.769. The van der Waals surface area contributed by atoms with E-state index in [1.165, 1.54) is 19.4 Å². The van der Waals surface area contributed by atoms with Crippen molar-refractivity contribution in [2.75, 3.05) is 13.1 Å². The molecule has 84 valence electrons. The molecule has 0 amide bonds. The second-order valence-corrected chi connectivity index (χ2v) is 4.79. The van der Waals surface area contributed by atoms with Crippen LogP contribution in [-0.2, 0) is 4.79 Å². The maximum Gasteiger partial charge on any atom is 0.137 e. The monoisotopic (exact) mass is 207 g/mol. The van der Waals surface area contributed by atoms with Gasteiger partial charge < -0.3 is 0 Å². The summed E-state index contributed by atoms with van der Waals surface area (Å²) < 4.78 is 0. The molecule has 0 aromatic heterocycles. The van der Waals surface area contributed by atoms with Crippen LogP contribution in [0.25, 0.3) is 0 Å². The zero-order valence-corrected chi connectivity index (χ0v) is 9.45. The third-order valence-corrected chi connectivity index (χ3v) is 3.85. The van der Waals surface area contributed by atoms with Gasteiger partial charge in [-0.25, -0.2) is 0 Å². The second kappa shape index (κ2) is 4.93. The van der Waals surface area contributed by atoms with Crippen molar-refractivity contribution in [2.24, 2.45) is 5.92 Å². The van der Waals surface area contributed by atoms with Gasteiger partial charge in [0.05, 0.1) is 0 Å². The minimum absolute atomic E-state index is 0.359. The maximum absolute atomic E-state index is 11.7. The molecule has 1 aliphatic heterocycles. The van der Waals surface area contributed by atoms with Crippen molar-refractivity contribution in [3.63, 3.8) is 0 Å². The molecule has 0 radical (unpaired) electrons. The normalized spacial score (nSPS) is 32.4. The van der Waals surface area contributed by atoms with Gasteiger partial charge in [0.2, 0.25) is 0 Å². The van der Waals surface area contributed by atoms with E-state index < -0.39 is 0 Å².